The van der Waals surface area contributed by atoms with E-state index in [1.54, 1.807) is 12.1 Å². The van der Waals surface area contributed by atoms with Crippen molar-refractivity contribution in [1.29, 1.82) is 0 Å². The molecule has 14 heteroatoms. The molecule has 10 nitrogen and oxygen atoms in total. The lowest BCUT2D eigenvalue weighted by Gasteiger charge is -2.31. The van der Waals surface area contributed by atoms with E-state index in [0.717, 1.165) is 22.3 Å². The van der Waals surface area contributed by atoms with Gasteiger partial charge in [0.2, 0.25) is 0 Å². The van der Waals surface area contributed by atoms with Crippen LogP contribution in [-0.4, -0.2) is 87.7 Å². The highest BCUT2D eigenvalue weighted by molar-refractivity contribution is 6.04. The molecule has 8 rings (SSSR count). The van der Waals surface area contributed by atoms with Gasteiger partial charge in [0.15, 0.2) is 11.6 Å². The van der Waals surface area contributed by atoms with Crippen molar-refractivity contribution in [3.63, 3.8) is 0 Å². The first-order chi connectivity index (χ1) is 31.6. The number of nitrogens with one attached hydrogen (secondary N) is 4. The molecular weight excluding hydrogens is 853 g/mol. The third kappa shape index (κ3) is 10.7. The van der Waals surface area contributed by atoms with Crippen LogP contribution in [0.5, 0.6) is 11.5 Å². The van der Waals surface area contributed by atoms with E-state index in [0.29, 0.717) is 59.7 Å². The molecule has 2 saturated heterocycles. The van der Waals surface area contributed by atoms with Crippen molar-refractivity contribution in [3.05, 3.63) is 129 Å². The molecule has 0 radical (unpaired) electrons. The lowest BCUT2D eigenvalue weighted by Crippen LogP contribution is -2.44. The summed E-state index contributed by atoms with van der Waals surface area (Å²) in [7, 11) is 3.07. The Labute approximate surface area is 384 Å². The fourth-order valence-electron chi connectivity index (χ4n) is 9.89. The van der Waals surface area contributed by atoms with E-state index in [-0.39, 0.29) is 99.0 Å². The van der Waals surface area contributed by atoms with E-state index in [1.165, 1.54) is 14.1 Å². The van der Waals surface area contributed by atoms with Gasteiger partial charge in [-0.1, -0.05) is 60.7 Å². The molecule has 0 unspecified atom stereocenters. The fraction of sp³-hybridized carbons (Fsp3) is 0.462. The molecule has 66 heavy (non-hydrogen) atoms. The molecule has 2 amide bonds. The Bertz CT molecular complexity index is 2220. The van der Waals surface area contributed by atoms with Gasteiger partial charge in [0, 0.05) is 112 Å². The van der Waals surface area contributed by atoms with Gasteiger partial charge in [0.1, 0.15) is 23.7 Å². The number of amides is 2. The summed E-state index contributed by atoms with van der Waals surface area (Å²) in [6.45, 7) is 5.09. The van der Waals surface area contributed by atoms with Crippen LogP contribution in [0.15, 0.2) is 84.9 Å². The zero-order valence-electron chi connectivity index (χ0n) is 38.0. The van der Waals surface area contributed by atoms with Crippen LogP contribution in [0, 0.1) is 11.8 Å². The number of hydrogen-bond donors (Lipinski definition) is 4. The molecular formula is C52H60F4N4O6. The number of carbonyl (C=O) groups excluding carboxylic acids is 4. The standard InChI is InChI=1S/2C26H30F2N2O3/c2*1-16-23(17-7-4-3-5-8-17)20-13-18(14-21(24(20)33-16)25(32)29-2)22(31)10-6-9-19-15-30-12-11-26(19,27)28/h2*3-5,7-8,13-14,16,19,23,30H,6,9-12,15H2,1-2H3,(H,29,32)/t16-,19+,23+;16-,19-,23+/m11/s1. The van der Waals surface area contributed by atoms with Crippen molar-refractivity contribution in [2.75, 3.05) is 40.3 Å². The van der Waals surface area contributed by atoms with Crippen LogP contribution in [-0.2, 0) is 0 Å². The summed E-state index contributed by atoms with van der Waals surface area (Å²) >= 11 is 0. The van der Waals surface area contributed by atoms with Crippen molar-refractivity contribution in [2.45, 2.75) is 101 Å². The van der Waals surface area contributed by atoms with Crippen LogP contribution in [0.25, 0.3) is 0 Å². The van der Waals surface area contributed by atoms with Gasteiger partial charge in [-0.25, -0.2) is 17.6 Å². The molecule has 4 aromatic carbocycles. The van der Waals surface area contributed by atoms with Gasteiger partial charge in [-0.2, -0.15) is 0 Å². The van der Waals surface area contributed by atoms with Gasteiger partial charge in [-0.05, 0) is 74.9 Å². The third-order valence-corrected chi connectivity index (χ3v) is 13.5. The minimum atomic E-state index is -2.69. The van der Waals surface area contributed by atoms with E-state index in [1.807, 2.05) is 86.6 Å². The second kappa shape index (κ2) is 20.9. The molecule has 0 aromatic heterocycles. The van der Waals surface area contributed by atoms with Crippen LogP contribution >= 0.6 is 0 Å². The Hall–Kier alpha value is -5.60. The van der Waals surface area contributed by atoms with Gasteiger partial charge in [-0.3, -0.25) is 19.2 Å². The molecule has 6 atom stereocenters. The van der Waals surface area contributed by atoms with E-state index < -0.39 is 23.7 Å². The summed E-state index contributed by atoms with van der Waals surface area (Å²) in [6, 6.07) is 26.4. The second-order valence-corrected chi connectivity index (χ2v) is 17.9. The van der Waals surface area contributed by atoms with Crippen molar-refractivity contribution in [3.8, 4) is 11.5 Å². The van der Waals surface area contributed by atoms with Crippen LogP contribution in [0.3, 0.4) is 0 Å². The van der Waals surface area contributed by atoms with E-state index in [2.05, 4.69) is 21.3 Å². The van der Waals surface area contributed by atoms with Crippen molar-refractivity contribution < 1.29 is 46.2 Å². The Morgan fingerprint density at radius 1 is 0.606 bits per heavy atom. The molecule has 0 saturated carbocycles. The summed E-state index contributed by atoms with van der Waals surface area (Å²) in [5.74, 6) is -7.05. The molecule has 0 spiro atoms. The molecule has 4 N–H and O–H groups in total. The van der Waals surface area contributed by atoms with Crippen LogP contribution in [0.4, 0.5) is 17.6 Å². The van der Waals surface area contributed by atoms with Crippen molar-refractivity contribution in [2.24, 2.45) is 11.8 Å². The first kappa shape index (κ1) is 48.3. The molecule has 4 aliphatic heterocycles. The number of benzene rings is 4. The number of rotatable bonds is 14. The molecule has 2 fully saturated rings. The summed E-state index contributed by atoms with van der Waals surface area (Å²) in [5.41, 5.74) is 5.19. The number of ketones is 2. The average molecular weight is 913 g/mol. The second-order valence-electron chi connectivity index (χ2n) is 17.9. The zero-order chi connectivity index (χ0) is 47.2. The average Bonchev–Trinajstić information content (AvgIpc) is 3.84. The number of piperidine rings is 2. The molecule has 4 aliphatic rings. The van der Waals surface area contributed by atoms with Gasteiger partial charge in [0.05, 0.1) is 11.1 Å². The number of fused-ring (bicyclic) bond motifs is 2. The number of halogens is 4. The molecule has 4 heterocycles. The van der Waals surface area contributed by atoms with Crippen LogP contribution in [0.1, 0.15) is 141 Å². The summed E-state index contributed by atoms with van der Waals surface area (Å²) in [4.78, 5) is 51.3. The van der Waals surface area contributed by atoms with Crippen LogP contribution < -0.4 is 30.7 Å². The highest BCUT2D eigenvalue weighted by Gasteiger charge is 2.43. The lowest BCUT2D eigenvalue weighted by molar-refractivity contribution is -0.0815. The number of carbonyl (C=O) groups is 4. The Kier molecular flexibility index (Phi) is 15.3. The Morgan fingerprint density at radius 2 is 0.985 bits per heavy atom. The Morgan fingerprint density at radius 3 is 1.33 bits per heavy atom. The summed E-state index contributed by atoms with van der Waals surface area (Å²) in [6.07, 6.45) is 0.919. The fourth-order valence-corrected chi connectivity index (χ4v) is 9.89. The van der Waals surface area contributed by atoms with Gasteiger partial charge < -0.3 is 30.7 Å². The van der Waals surface area contributed by atoms with Gasteiger partial charge >= 0.3 is 0 Å². The number of ether oxygens (including phenoxy) is 2. The minimum absolute atomic E-state index is 0.107. The third-order valence-electron chi connectivity index (χ3n) is 13.5. The normalized spacial score (nSPS) is 23.5. The smallest absolute Gasteiger partial charge is 0.254 e. The summed E-state index contributed by atoms with van der Waals surface area (Å²) in [5, 5.41) is 11.3. The highest BCUT2D eigenvalue weighted by atomic mass is 19.3. The number of hydrogen-bond acceptors (Lipinski definition) is 8. The minimum Gasteiger partial charge on any atom is -0.489 e. The van der Waals surface area contributed by atoms with E-state index in [9.17, 15) is 36.7 Å². The first-order valence-corrected chi connectivity index (χ1v) is 23.1. The van der Waals surface area contributed by atoms with Crippen LogP contribution in [0.2, 0.25) is 0 Å². The van der Waals surface area contributed by atoms with E-state index in [4.69, 9.17) is 9.47 Å². The van der Waals surface area contributed by atoms with Gasteiger partial charge in [0.25, 0.3) is 23.7 Å². The topological polar surface area (TPSA) is 135 Å². The lowest BCUT2D eigenvalue weighted by atomic mass is 9.85. The zero-order valence-corrected chi connectivity index (χ0v) is 38.0. The molecule has 4 aromatic rings. The molecule has 352 valence electrons. The van der Waals surface area contributed by atoms with Gasteiger partial charge in [-0.15, -0.1) is 0 Å². The Balaban J connectivity index is 0.000000196. The molecule has 0 bridgehead atoms. The molecule has 0 aliphatic carbocycles. The quantitative estimate of drug-likeness (QED) is 0.0728. The van der Waals surface area contributed by atoms with E-state index >= 15 is 0 Å². The first-order valence-electron chi connectivity index (χ1n) is 23.1. The number of Topliss-reactive ketones (excluding diaryl/α,β-unsaturated/α-hetero) is 2. The maximum atomic E-state index is 14.1. The summed E-state index contributed by atoms with van der Waals surface area (Å²) < 4.78 is 68.6. The predicted octanol–water partition coefficient (Wildman–Crippen LogP) is 9.11. The SMILES string of the molecule is CNC(=O)c1cc(C(=O)CCC[C@@H]2CNCCC2(F)F)cc2c1O[C@H](C)[C@H]2c1ccccc1.CNC(=O)c1cc(C(=O)CCC[C@H]2CNCCC2(F)F)cc2c1O[C@H](C)[C@H]2c1ccccc1. The van der Waals surface area contributed by atoms with Crippen molar-refractivity contribution in [1.82, 2.24) is 21.3 Å². The highest BCUT2D eigenvalue weighted by Crippen LogP contribution is 2.47. The predicted molar refractivity (Wildman–Crippen MR) is 245 cm³/mol. The maximum Gasteiger partial charge on any atom is 0.254 e. The number of alkyl halides is 4. The monoisotopic (exact) mass is 912 g/mol. The van der Waals surface area contributed by atoms with Crippen molar-refractivity contribution >= 4 is 23.4 Å². The maximum absolute atomic E-state index is 14.1. The largest absolute Gasteiger partial charge is 0.489 e.